The number of hydrogen-bond donors (Lipinski definition) is 0. The number of rotatable bonds is 10. The fourth-order valence-electron chi connectivity index (χ4n) is 5.18. The number of carbonyl (C=O) groups is 2. The van der Waals surface area contributed by atoms with Gasteiger partial charge in [0, 0.05) is 29.4 Å². The van der Waals surface area contributed by atoms with Crippen LogP contribution in [0.5, 0.6) is 23.0 Å². The molecule has 10 nitrogen and oxygen atoms in total. The minimum absolute atomic E-state index is 0.0642. The number of imide groups is 1. The zero-order valence-electron chi connectivity index (χ0n) is 25.7. The van der Waals surface area contributed by atoms with Crippen LogP contribution in [0.1, 0.15) is 18.1 Å². The highest BCUT2D eigenvalue weighted by molar-refractivity contribution is 6.19. The van der Waals surface area contributed by atoms with Crippen LogP contribution in [0, 0.1) is 11.3 Å². The smallest absolute Gasteiger partial charge is 0.271 e. The number of amides is 2. The fraction of sp³-hybridized carbons (Fsp3) is 0.200. The zero-order valence-corrected chi connectivity index (χ0v) is 25.7. The van der Waals surface area contributed by atoms with Gasteiger partial charge in [-0.15, -0.1) is 0 Å². The number of nitrogens with zero attached hydrogens (tertiary/aromatic N) is 4. The molecule has 1 aromatic heterocycles. The molecular formula is C35H32N4O6. The third kappa shape index (κ3) is 6.01. The van der Waals surface area contributed by atoms with Crippen molar-refractivity contribution in [1.82, 2.24) is 14.7 Å². The molecule has 0 unspecified atom stereocenters. The van der Waals surface area contributed by atoms with E-state index >= 15 is 0 Å². The predicted molar refractivity (Wildman–Crippen MR) is 168 cm³/mol. The van der Waals surface area contributed by atoms with E-state index in [0.29, 0.717) is 46.2 Å². The van der Waals surface area contributed by atoms with Gasteiger partial charge in [0.25, 0.3) is 11.8 Å². The van der Waals surface area contributed by atoms with Crippen LogP contribution in [0.15, 0.2) is 89.6 Å². The van der Waals surface area contributed by atoms with Gasteiger partial charge in [0.05, 0.1) is 34.1 Å². The van der Waals surface area contributed by atoms with E-state index in [-0.39, 0.29) is 17.7 Å². The van der Waals surface area contributed by atoms with E-state index in [1.54, 1.807) is 64.3 Å². The van der Waals surface area contributed by atoms with Crippen molar-refractivity contribution in [2.75, 3.05) is 35.0 Å². The molecule has 0 aliphatic carbocycles. The van der Waals surface area contributed by atoms with Crippen molar-refractivity contribution in [2.24, 2.45) is 0 Å². The monoisotopic (exact) mass is 604 g/mol. The summed E-state index contributed by atoms with van der Waals surface area (Å²) in [5.41, 5.74) is 4.00. The van der Waals surface area contributed by atoms with Crippen molar-refractivity contribution >= 4 is 17.9 Å². The first-order chi connectivity index (χ1) is 21.8. The largest absolute Gasteiger partial charge is 0.493 e. The fourth-order valence-corrected chi connectivity index (χ4v) is 5.18. The van der Waals surface area contributed by atoms with Gasteiger partial charge < -0.3 is 18.9 Å². The molecule has 2 heterocycles. The molecule has 0 saturated carbocycles. The Hall–Kier alpha value is -5.82. The summed E-state index contributed by atoms with van der Waals surface area (Å²) in [7, 11) is 6.21. The molecule has 45 heavy (non-hydrogen) atoms. The van der Waals surface area contributed by atoms with Crippen molar-refractivity contribution < 1.29 is 28.5 Å². The van der Waals surface area contributed by atoms with Gasteiger partial charge in [-0.05, 0) is 73.0 Å². The first kappa shape index (κ1) is 30.6. The summed E-state index contributed by atoms with van der Waals surface area (Å²) in [6.07, 6.45) is 3.85. The van der Waals surface area contributed by atoms with Crippen molar-refractivity contribution in [2.45, 2.75) is 13.3 Å². The number of carbonyl (C=O) groups excluding carboxylic acids is 2. The summed E-state index contributed by atoms with van der Waals surface area (Å²) in [6, 6.07) is 22.4. The lowest BCUT2D eigenvalue weighted by Gasteiger charge is -2.27. The SMILES string of the molecule is COc1ccc(CCN2C(=O)C(C#N)=C(C)/C(=C\c3cn(-c4ccccc4)nc3-c3ccc(OC)c(OC)c3)C2=O)cc1OC. The quantitative estimate of drug-likeness (QED) is 0.174. The molecule has 4 aromatic rings. The molecule has 1 aliphatic rings. The van der Waals surface area contributed by atoms with Gasteiger partial charge in [0.15, 0.2) is 23.0 Å². The summed E-state index contributed by atoms with van der Waals surface area (Å²) in [5.74, 6) is 1.07. The van der Waals surface area contributed by atoms with Crippen LogP contribution in [0.2, 0.25) is 0 Å². The Balaban J connectivity index is 1.58. The van der Waals surface area contributed by atoms with Gasteiger partial charge in [-0.1, -0.05) is 24.3 Å². The van der Waals surface area contributed by atoms with E-state index < -0.39 is 11.8 Å². The lowest BCUT2D eigenvalue weighted by atomic mass is 9.93. The molecule has 0 bridgehead atoms. The highest BCUT2D eigenvalue weighted by atomic mass is 16.5. The number of aromatic nitrogens is 2. The minimum Gasteiger partial charge on any atom is -0.493 e. The summed E-state index contributed by atoms with van der Waals surface area (Å²) in [6.45, 7) is 1.68. The average molecular weight is 605 g/mol. The highest BCUT2D eigenvalue weighted by Gasteiger charge is 2.35. The first-order valence-electron chi connectivity index (χ1n) is 14.1. The standard InChI is InChI=1S/C35H32N4O6/c1-22-27(34(40)38(35(41)28(22)20-36)16-15-23-11-13-29(42-2)31(17-23)44-4)18-25-21-39(26-9-7-6-8-10-26)37-33(25)24-12-14-30(43-3)32(19-24)45-5/h6-14,17-19,21H,15-16H2,1-5H3/b27-18+. The second-order valence-corrected chi connectivity index (χ2v) is 10.2. The number of nitriles is 1. The van der Waals surface area contributed by atoms with Crippen LogP contribution in [0.25, 0.3) is 23.0 Å². The predicted octanol–water partition coefficient (Wildman–Crippen LogP) is 5.41. The lowest BCUT2D eigenvalue weighted by molar-refractivity contribution is -0.140. The number of ether oxygens (including phenoxy) is 4. The Morgan fingerprint density at radius 3 is 2.11 bits per heavy atom. The van der Waals surface area contributed by atoms with Crippen LogP contribution in [-0.4, -0.2) is 61.5 Å². The highest BCUT2D eigenvalue weighted by Crippen LogP contribution is 2.36. The molecule has 5 rings (SSSR count). The number of hydrogen-bond acceptors (Lipinski definition) is 8. The molecule has 0 atom stereocenters. The number of benzene rings is 3. The van der Waals surface area contributed by atoms with Crippen molar-refractivity contribution in [1.29, 1.82) is 5.26 Å². The Bertz CT molecular complexity index is 1870. The second kappa shape index (κ2) is 13.2. The van der Waals surface area contributed by atoms with Crippen LogP contribution in [0.3, 0.4) is 0 Å². The minimum atomic E-state index is -0.627. The van der Waals surface area contributed by atoms with Gasteiger partial charge in [-0.2, -0.15) is 10.4 Å². The van der Waals surface area contributed by atoms with E-state index in [1.807, 2.05) is 60.8 Å². The maximum atomic E-state index is 14.0. The summed E-state index contributed by atoms with van der Waals surface area (Å²) in [4.78, 5) is 28.4. The zero-order chi connectivity index (χ0) is 32.1. The van der Waals surface area contributed by atoms with Crippen LogP contribution in [-0.2, 0) is 16.0 Å². The third-order valence-electron chi connectivity index (χ3n) is 7.62. The summed E-state index contributed by atoms with van der Waals surface area (Å²) < 4.78 is 23.4. The molecule has 10 heteroatoms. The maximum absolute atomic E-state index is 14.0. The summed E-state index contributed by atoms with van der Waals surface area (Å²) >= 11 is 0. The molecule has 3 aromatic carbocycles. The Morgan fingerprint density at radius 2 is 1.47 bits per heavy atom. The molecule has 0 N–H and O–H groups in total. The lowest BCUT2D eigenvalue weighted by Crippen LogP contribution is -2.43. The molecule has 0 radical (unpaired) electrons. The molecule has 0 saturated heterocycles. The Morgan fingerprint density at radius 1 is 0.822 bits per heavy atom. The topological polar surface area (TPSA) is 116 Å². The molecule has 2 amide bonds. The first-order valence-corrected chi connectivity index (χ1v) is 14.1. The van der Waals surface area contributed by atoms with E-state index in [9.17, 15) is 14.9 Å². The molecule has 0 spiro atoms. The van der Waals surface area contributed by atoms with E-state index in [4.69, 9.17) is 24.0 Å². The molecule has 0 fully saturated rings. The number of methoxy groups -OCH3 is 4. The Labute approximate surface area is 261 Å². The van der Waals surface area contributed by atoms with E-state index in [1.165, 1.54) is 0 Å². The molecule has 1 aliphatic heterocycles. The van der Waals surface area contributed by atoms with Gasteiger partial charge in [0.1, 0.15) is 17.3 Å². The van der Waals surface area contributed by atoms with Crippen molar-refractivity contribution in [3.05, 3.63) is 101 Å². The number of para-hydroxylation sites is 1. The van der Waals surface area contributed by atoms with Gasteiger partial charge >= 0.3 is 0 Å². The van der Waals surface area contributed by atoms with Crippen LogP contribution < -0.4 is 18.9 Å². The maximum Gasteiger partial charge on any atom is 0.271 e. The van der Waals surface area contributed by atoms with Gasteiger partial charge in [0.2, 0.25) is 0 Å². The summed E-state index contributed by atoms with van der Waals surface area (Å²) in [5, 5.41) is 14.8. The molecule has 228 valence electrons. The Kier molecular flexibility index (Phi) is 9.00. The van der Waals surface area contributed by atoms with E-state index in [2.05, 4.69) is 0 Å². The molecular weight excluding hydrogens is 572 g/mol. The second-order valence-electron chi connectivity index (χ2n) is 10.2. The van der Waals surface area contributed by atoms with Crippen LogP contribution >= 0.6 is 0 Å². The van der Waals surface area contributed by atoms with Crippen molar-refractivity contribution in [3.8, 4) is 46.0 Å². The van der Waals surface area contributed by atoms with Gasteiger partial charge in [-0.3, -0.25) is 14.5 Å². The van der Waals surface area contributed by atoms with E-state index in [0.717, 1.165) is 21.7 Å². The van der Waals surface area contributed by atoms with Crippen LogP contribution in [0.4, 0.5) is 0 Å². The third-order valence-corrected chi connectivity index (χ3v) is 7.62. The van der Waals surface area contributed by atoms with Crippen molar-refractivity contribution in [3.63, 3.8) is 0 Å². The average Bonchev–Trinajstić information content (AvgIpc) is 3.50. The normalized spacial score (nSPS) is 14.0. The van der Waals surface area contributed by atoms with Gasteiger partial charge in [-0.25, -0.2) is 4.68 Å².